The Kier molecular flexibility index (Phi) is 7.47. The predicted molar refractivity (Wildman–Crippen MR) is 202 cm³/mol. The normalized spacial score (nSPS) is 11.3. The van der Waals surface area contributed by atoms with E-state index >= 15 is 0 Å². The molecule has 9 aromatic rings. The van der Waals surface area contributed by atoms with Gasteiger partial charge in [0.05, 0.1) is 0 Å². The average Bonchev–Trinajstić information content (AvgIpc) is 3.57. The molecular formula is C44H28N4Se. The second-order valence-electron chi connectivity index (χ2n) is 11.9. The van der Waals surface area contributed by atoms with Crippen LogP contribution in [0.25, 0.3) is 86.4 Å². The SMILES string of the molecule is c1ccc(-c2ccc3[se]c4ccccc4c3c2-c2cccc(-c3ccccn3)c2-c2nnnc(-c3ccccc3)c2-c2ccccc2)cc1. The molecule has 49 heavy (non-hydrogen) atoms. The van der Waals surface area contributed by atoms with Gasteiger partial charge in [-0.1, -0.05) is 0 Å². The van der Waals surface area contributed by atoms with Gasteiger partial charge in [0, 0.05) is 0 Å². The number of fused-ring (bicyclic) bond motifs is 3. The van der Waals surface area contributed by atoms with Crippen LogP contribution in [0.3, 0.4) is 0 Å². The van der Waals surface area contributed by atoms with Gasteiger partial charge in [-0.05, 0) is 0 Å². The molecule has 0 radical (unpaired) electrons. The molecule has 0 aliphatic carbocycles. The van der Waals surface area contributed by atoms with E-state index in [9.17, 15) is 0 Å². The summed E-state index contributed by atoms with van der Waals surface area (Å²) in [6, 6.07) is 57.5. The second kappa shape index (κ2) is 12.6. The van der Waals surface area contributed by atoms with Gasteiger partial charge in [-0.25, -0.2) is 0 Å². The summed E-state index contributed by atoms with van der Waals surface area (Å²) in [4.78, 5) is 4.88. The van der Waals surface area contributed by atoms with E-state index in [0.29, 0.717) is 0 Å². The molecule has 9 rings (SSSR count). The second-order valence-corrected chi connectivity index (χ2v) is 14.1. The van der Waals surface area contributed by atoms with Crippen molar-refractivity contribution >= 4 is 33.8 Å². The van der Waals surface area contributed by atoms with Crippen LogP contribution in [0.2, 0.25) is 0 Å². The van der Waals surface area contributed by atoms with Crippen LogP contribution < -0.4 is 0 Å². The summed E-state index contributed by atoms with van der Waals surface area (Å²) in [7, 11) is 0. The molecule has 5 heteroatoms. The van der Waals surface area contributed by atoms with E-state index in [1.54, 1.807) is 0 Å². The minimum absolute atomic E-state index is 0.195. The quantitative estimate of drug-likeness (QED) is 0.163. The zero-order valence-electron chi connectivity index (χ0n) is 26.4. The molecule has 0 spiro atoms. The van der Waals surface area contributed by atoms with Crippen LogP contribution in [-0.2, 0) is 0 Å². The van der Waals surface area contributed by atoms with Crippen molar-refractivity contribution in [3.05, 3.63) is 170 Å². The third-order valence-corrected chi connectivity index (χ3v) is 11.4. The summed E-state index contributed by atoms with van der Waals surface area (Å²) in [6.07, 6.45) is 1.85. The predicted octanol–water partition coefficient (Wildman–Crippen LogP) is 10.6. The number of hydrogen-bond donors (Lipinski definition) is 0. The monoisotopic (exact) mass is 692 g/mol. The summed E-state index contributed by atoms with van der Waals surface area (Å²) < 4.78 is 2.78. The van der Waals surface area contributed by atoms with Crippen LogP contribution in [0.15, 0.2) is 170 Å². The average molecular weight is 692 g/mol. The molecule has 4 nitrogen and oxygen atoms in total. The fraction of sp³-hybridized carbons (Fsp3) is 0. The number of pyridine rings is 1. The molecule has 0 saturated heterocycles. The van der Waals surface area contributed by atoms with Crippen LogP contribution in [0, 0.1) is 0 Å². The van der Waals surface area contributed by atoms with Gasteiger partial charge in [0.15, 0.2) is 0 Å². The minimum atomic E-state index is 0.195. The number of aromatic nitrogens is 4. The number of rotatable bonds is 6. The van der Waals surface area contributed by atoms with Crippen molar-refractivity contribution in [3.63, 3.8) is 0 Å². The zero-order valence-corrected chi connectivity index (χ0v) is 28.1. The molecule has 0 aliphatic heterocycles. The zero-order chi connectivity index (χ0) is 32.6. The van der Waals surface area contributed by atoms with Crippen molar-refractivity contribution < 1.29 is 0 Å². The Bertz CT molecular complexity index is 2580. The molecular weight excluding hydrogens is 663 g/mol. The van der Waals surface area contributed by atoms with Gasteiger partial charge in [-0.2, -0.15) is 0 Å². The van der Waals surface area contributed by atoms with E-state index < -0.39 is 0 Å². The van der Waals surface area contributed by atoms with E-state index in [0.717, 1.165) is 50.5 Å². The van der Waals surface area contributed by atoms with E-state index in [1.165, 1.54) is 36.0 Å². The molecule has 0 unspecified atom stereocenters. The molecule has 230 valence electrons. The summed E-state index contributed by atoms with van der Waals surface area (Å²) in [5, 5.41) is 16.7. The summed E-state index contributed by atoms with van der Waals surface area (Å²) in [5.74, 6) is 0. The standard InChI is InChI=1S/C44H28N4Se/c1-4-15-29(16-5-1)32-26-27-38-42(34-21-10-11-25-37(34)49-38)40(32)35-23-14-22-33(36-24-12-13-28-45-36)41(35)44-39(30-17-6-2-7-18-30)43(46-48-47-44)31-19-8-3-9-20-31/h1-28H. The van der Waals surface area contributed by atoms with Crippen LogP contribution in [0.4, 0.5) is 0 Å². The van der Waals surface area contributed by atoms with E-state index in [1.807, 2.05) is 42.6 Å². The molecule has 3 heterocycles. The third kappa shape index (κ3) is 5.17. The van der Waals surface area contributed by atoms with E-state index in [-0.39, 0.29) is 14.5 Å². The van der Waals surface area contributed by atoms with Crippen molar-refractivity contribution in [1.29, 1.82) is 0 Å². The topological polar surface area (TPSA) is 51.6 Å². The Morgan fingerprint density at radius 1 is 0.388 bits per heavy atom. The first kappa shape index (κ1) is 29.2. The summed E-state index contributed by atoms with van der Waals surface area (Å²) in [6.45, 7) is 0. The van der Waals surface area contributed by atoms with Crippen molar-refractivity contribution in [2.45, 2.75) is 0 Å². The van der Waals surface area contributed by atoms with Crippen molar-refractivity contribution in [2.75, 3.05) is 0 Å². The molecule has 0 saturated carbocycles. The maximum absolute atomic E-state index is 4.94. The van der Waals surface area contributed by atoms with E-state index in [2.05, 4.69) is 133 Å². The molecule has 0 bridgehead atoms. The van der Waals surface area contributed by atoms with Crippen molar-refractivity contribution in [1.82, 2.24) is 20.4 Å². The van der Waals surface area contributed by atoms with Gasteiger partial charge < -0.3 is 0 Å². The number of benzene rings is 6. The van der Waals surface area contributed by atoms with Gasteiger partial charge in [0.1, 0.15) is 0 Å². The Morgan fingerprint density at radius 3 is 1.80 bits per heavy atom. The number of nitrogens with zero attached hydrogens (tertiary/aromatic N) is 4. The van der Waals surface area contributed by atoms with Crippen molar-refractivity contribution in [3.8, 4) is 67.2 Å². The van der Waals surface area contributed by atoms with Gasteiger partial charge >= 0.3 is 291 Å². The maximum atomic E-state index is 4.94. The molecule has 0 aliphatic rings. The first-order valence-corrected chi connectivity index (χ1v) is 18.0. The summed E-state index contributed by atoms with van der Waals surface area (Å²) >= 11 is 0.195. The van der Waals surface area contributed by atoms with Crippen LogP contribution in [-0.4, -0.2) is 34.9 Å². The molecule has 6 aromatic carbocycles. The molecule has 3 aromatic heterocycles. The van der Waals surface area contributed by atoms with Crippen LogP contribution in [0.5, 0.6) is 0 Å². The Labute approximate surface area is 290 Å². The van der Waals surface area contributed by atoms with Gasteiger partial charge in [-0.15, -0.1) is 0 Å². The van der Waals surface area contributed by atoms with Crippen LogP contribution in [0.1, 0.15) is 0 Å². The van der Waals surface area contributed by atoms with Crippen molar-refractivity contribution in [2.24, 2.45) is 0 Å². The molecule has 0 fully saturated rings. The Balaban J connectivity index is 1.47. The van der Waals surface area contributed by atoms with Gasteiger partial charge in [-0.3, -0.25) is 0 Å². The molecule has 0 atom stereocenters. The fourth-order valence-electron chi connectivity index (χ4n) is 6.88. The fourth-order valence-corrected chi connectivity index (χ4v) is 9.22. The Morgan fingerprint density at radius 2 is 1.04 bits per heavy atom. The van der Waals surface area contributed by atoms with Crippen LogP contribution >= 0.6 is 0 Å². The first-order valence-electron chi connectivity index (χ1n) is 16.2. The summed E-state index contributed by atoms with van der Waals surface area (Å²) in [5.41, 5.74) is 12.0. The Hall–Kier alpha value is -6.00. The number of hydrogen-bond acceptors (Lipinski definition) is 4. The molecule has 0 N–H and O–H groups in total. The first-order chi connectivity index (χ1) is 24.3. The van der Waals surface area contributed by atoms with Gasteiger partial charge in [0.25, 0.3) is 0 Å². The van der Waals surface area contributed by atoms with E-state index in [4.69, 9.17) is 15.2 Å². The third-order valence-electron chi connectivity index (χ3n) is 9.01. The van der Waals surface area contributed by atoms with Gasteiger partial charge in [0.2, 0.25) is 0 Å². The molecule has 0 amide bonds.